The molecule has 11 heteroatoms. The molecule has 0 amide bonds. The molecule has 0 bridgehead atoms. The Morgan fingerprint density at radius 1 is 1.50 bits per heavy atom. The van der Waals surface area contributed by atoms with Gasteiger partial charge in [0.25, 0.3) is 0 Å². The lowest BCUT2D eigenvalue weighted by molar-refractivity contribution is -0.0504. The fourth-order valence-corrected chi connectivity index (χ4v) is 2.34. The number of methoxy groups -OCH3 is 1. The molecule has 0 fully saturated rings. The first kappa shape index (κ1) is 14.9. The Balaban J connectivity index is 3.21. The SMILES string of the molecule is COC(=O)c1scc(OC(F)F)c1OS(=O)(=O)Cl. The molecule has 6 nitrogen and oxygen atoms in total. The zero-order valence-electron chi connectivity index (χ0n) is 8.55. The maximum Gasteiger partial charge on any atom is 0.401 e. The Labute approximate surface area is 109 Å². The monoisotopic (exact) mass is 322 g/mol. The quantitative estimate of drug-likeness (QED) is 0.609. The largest absolute Gasteiger partial charge is 0.465 e. The van der Waals surface area contributed by atoms with E-state index in [0.29, 0.717) is 11.3 Å². The van der Waals surface area contributed by atoms with Gasteiger partial charge in [-0.1, -0.05) is 0 Å². The van der Waals surface area contributed by atoms with Crippen molar-refractivity contribution in [1.82, 2.24) is 0 Å². The Morgan fingerprint density at radius 2 is 2.11 bits per heavy atom. The van der Waals surface area contributed by atoms with E-state index in [1.54, 1.807) is 0 Å². The third-order valence-electron chi connectivity index (χ3n) is 1.48. The highest BCUT2D eigenvalue weighted by molar-refractivity contribution is 8.10. The lowest BCUT2D eigenvalue weighted by atomic mass is 10.4. The van der Waals surface area contributed by atoms with Crippen LogP contribution in [0.4, 0.5) is 8.78 Å². The van der Waals surface area contributed by atoms with Crippen LogP contribution in [0.1, 0.15) is 9.67 Å². The summed E-state index contributed by atoms with van der Waals surface area (Å²) in [6, 6.07) is 0. The van der Waals surface area contributed by atoms with Gasteiger partial charge in [-0.25, -0.2) is 4.79 Å². The standard InChI is InChI=1S/C7H5ClF2O6S2/c1-14-6(11)5-4(16-18(8,12)13)3(2-17-5)15-7(9)10/h2,7H,1H3. The van der Waals surface area contributed by atoms with E-state index in [9.17, 15) is 22.0 Å². The first-order chi connectivity index (χ1) is 8.24. The molecule has 0 unspecified atom stereocenters. The smallest absolute Gasteiger partial charge is 0.401 e. The van der Waals surface area contributed by atoms with Crippen LogP contribution in [0.25, 0.3) is 0 Å². The van der Waals surface area contributed by atoms with Gasteiger partial charge < -0.3 is 13.7 Å². The number of rotatable bonds is 5. The van der Waals surface area contributed by atoms with Crippen molar-refractivity contribution in [3.63, 3.8) is 0 Å². The van der Waals surface area contributed by atoms with Gasteiger partial charge in [0, 0.05) is 5.38 Å². The average Bonchev–Trinajstić information content (AvgIpc) is 2.57. The van der Waals surface area contributed by atoms with Crippen LogP contribution < -0.4 is 8.92 Å². The molecule has 1 aromatic heterocycles. The van der Waals surface area contributed by atoms with Gasteiger partial charge in [-0.15, -0.1) is 11.3 Å². The number of hydrogen-bond donors (Lipinski definition) is 0. The molecule has 0 saturated carbocycles. The summed E-state index contributed by atoms with van der Waals surface area (Å²) >= 11 is 0.611. The van der Waals surface area contributed by atoms with Crippen LogP contribution in [-0.4, -0.2) is 28.1 Å². The number of hydrogen-bond acceptors (Lipinski definition) is 7. The summed E-state index contributed by atoms with van der Waals surface area (Å²) in [5.74, 6) is -2.33. The molecular weight excluding hydrogens is 318 g/mol. The van der Waals surface area contributed by atoms with Crippen LogP contribution >= 0.6 is 22.0 Å². The van der Waals surface area contributed by atoms with Gasteiger partial charge in [0.2, 0.25) is 5.75 Å². The van der Waals surface area contributed by atoms with Gasteiger partial charge in [0.15, 0.2) is 10.6 Å². The van der Waals surface area contributed by atoms with Gasteiger partial charge in [-0.05, 0) is 0 Å². The summed E-state index contributed by atoms with van der Waals surface area (Å²) in [7, 11) is 1.31. The molecule has 102 valence electrons. The fourth-order valence-electron chi connectivity index (χ4n) is 0.921. The molecule has 0 aliphatic carbocycles. The van der Waals surface area contributed by atoms with Gasteiger partial charge in [-0.2, -0.15) is 17.2 Å². The van der Waals surface area contributed by atoms with Crippen LogP contribution in [0.2, 0.25) is 0 Å². The van der Waals surface area contributed by atoms with Crippen LogP contribution in [0.5, 0.6) is 11.5 Å². The van der Waals surface area contributed by atoms with E-state index in [1.807, 2.05) is 0 Å². The number of thiophene rings is 1. The first-order valence-corrected chi connectivity index (χ1v) is 7.14. The second-order valence-corrected chi connectivity index (χ2v) is 5.57. The van der Waals surface area contributed by atoms with E-state index in [1.165, 1.54) is 0 Å². The first-order valence-electron chi connectivity index (χ1n) is 4.03. The van der Waals surface area contributed by atoms with E-state index in [0.717, 1.165) is 12.5 Å². The molecule has 0 saturated heterocycles. The predicted molar refractivity (Wildman–Crippen MR) is 57.7 cm³/mol. The Kier molecular flexibility index (Phi) is 4.71. The number of halogens is 3. The third-order valence-corrected chi connectivity index (χ3v) is 2.96. The van der Waals surface area contributed by atoms with Gasteiger partial charge in [0.05, 0.1) is 17.8 Å². The molecule has 1 rings (SSSR count). The second kappa shape index (κ2) is 5.67. The van der Waals surface area contributed by atoms with Gasteiger partial charge in [0.1, 0.15) is 0 Å². The lowest BCUT2D eigenvalue weighted by Crippen LogP contribution is -2.08. The van der Waals surface area contributed by atoms with Gasteiger partial charge in [-0.3, -0.25) is 0 Å². The van der Waals surface area contributed by atoms with Crippen molar-refractivity contribution in [2.24, 2.45) is 0 Å². The highest BCUT2D eigenvalue weighted by Gasteiger charge is 2.26. The minimum atomic E-state index is -4.52. The molecule has 1 heterocycles. The van der Waals surface area contributed by atoms with E-state index in [-0.39, 0.29) is 4.88 Å². The van der Waals surface area contributed by atoms with Crippen molar-refractivity contribution in [3.05, 3.63) is 10.3 Å². The minimum absolute atomic E-state index is 0.364. The molecule has 0 radical (unpaired) electrons. The number of alkyl halides is 2. The maximum atomic E-state index is 12.1. The van der Waals surface area contributed by atoms with Crippen molar-refractivity contribution >= 4 is 37.3 Å². The molecule has 0 aliphatic rings. The third kappa shape index (κ3) is 3.96. The highest BCUT2D eigenvalue weighted by atomic mass is 35.7. The predicted octanol–water partition coefficient (Wildman–Crippen LogP) is 2.00. The Hall–Kier alpha value is -1.13. The summed E-state index contributed by atoms with van der Waals surface area (Å²) in [5, 5.41) is 0.968. The molecule has 18 heavy (non-hydrogen) atoms. The van der Waals surface area contributed by atoms with E-state index in [2.05, 4.69) is 13.7 Å². The van der Waals surface area contributed by atoms with E-state index < -0.39 is 33.4 Å². The molecule has 0 spiro atoms. The van der Waals surface area contributed by atoms with Crippen LogP contribution in [-0.2, 0) is 14.1 Å². The molecular formula is C7H5ClF2O6S2. The number of esters is 1. The number of ether oxygens (including phenoxy) is 2. The van der Waals surface area contributed by atoms with Crippen molar-refractivity contribution in [1.29, 1.82) is 0 Å². The summed E-state index contributed by atoms with van der Waals surface area (Å²) < 4.78 is 58.1. The van der Waals surface area contributed by atoms with Crippen molar-refractivity contribution < 1.29 is 35.6 Å². The van der Waals surface area contributed by atoms with Crippen molar-refractivity contribution in [2.75, 3.05) is 7.11 Å². The molecule has 0 aromatic carbocycles. The molecule has 0 aliphatic heterocycles. The number of carbonyl (C=O) groups excluding carboxylic acids is 1. The molecule has 1 aromatic rings. The van der Waals surface area contributed by atoms with E-state index in [4.69, 9.17) is 10.7 Å². The fraction of sp³-hybridized carbons (Fsp3) is 0.286. The maximum absolute atomic E-state index is 12.1. The van der Waals surface area contributed by atoms with E-state index >= 15 is 0 Å². The summed E-state index contributed by atoms with van der Waals surface area (Å²) in [4.78, 5) is 10.9. The van der Waals surface area contributed by atoms with Crippen LogP contribution in [0, 0.1) is 0 Å². The van der Waals surface area contributed by atoms with Crippen molar-refractivity contribution in [2.45, 2.75) is 6.61 Å². The van der Waals surface area contributed by atoms with Crippen LogP contribution in [0.3, 0.4) is 0 Å². The zero-order chi connectivity index (χ0) is 13.9. The average molecular weight is 323 g/mol. The minimum Gasteiger partial charge on any atom is -0.465 e. The second-order valence-electron chi connectivity index (χ2n) is 2.60. The Bertz CT molecular complexity index is 540. The zero-order valence-corrected chi connectivity index (χ0v) is 10.9. The summed E-state index contributed by atoms with van der Waals surface area (Å²) in [6.45, 7) is -3.22. The normalized spacial score (nSPS) is 11.4. The van der Waals surface area contributed by atoms with Crippen LogP contribution in [0.15, 0.2) is 5.38 Å². The molecule has 0 N–H and O–H groups in total. The summed E-state index contributed by atoms with van der Waals surface area (Å²) in [6.07, 6.45) is 0. The van der Waals surface area contributed by atoms with Gasteiger partial charge >= 0.3 is 21.9 Å². The highest BCUT2D eigenvalue weighted by Crippen LogP contribution is 2.39. The van der Waals surface area contributed by atoms with Crippen molar-refractivity contribution in [3.8, 4) is 11.5 Å². The number of carbonyl (C=O) groups is 1. The lowest BCUT2D eigenvalue weighted by Gasteiger charge is -2.06. The summed E-state index contributed by atoms with van der Waals surface area (Å²) in [5.41, 5.74) is 0. The molecule has 0 atom stereocenters. The Morgan fingerprint density at radius 3 is 2.56 bits per heavy atom. The topological polar surface area (TPSA) is 78.9 Å².